The van der Waals surface area contributed by atoms with E-state index in [2.05, 4.69) is 5.32 Å². The second-order valence-electron chi connectivity index (χ2n) is 7.97. The zero-order valence-electron chi connectivity index (χ0n) is 17.1. The number of carbonyl (C=O) groups is 1. The molecule has 1 N–H and O–H groups in total. The monoisotopic (exact) mass is 449 g/mol. The first kappa shape index (κ1) is 21.7. The van der Waals surface area contributed by atoms with Crippen molar-refractivity contribution in [1.82, 2.24) is 4.90 Å². The normalized spacial score (nSPS) is 19.9. The van der Waals surface area contributed by atoms with Crippen LogP contribution in [0.2, 0.25) is 0 Å². The maximum atomic E-state index is 14.7. The minimum atomic E-state index is -3.12. The van der Waals surface area contributed by atoms with Crippen molar-refractivity contribution in [1.29, 1.82) is 0 Å². The van der Waals surface area contributed by atoms with Crippen molar-refractivity contribution in [2.24, 2.45) is 0 Å². The highest BCUT2D eigenvalue weighted by Gasteiger charge is 2.33. The first-order valence-electron chi connectivity index (χ1n) is 10.4. The summed E-state index contributed by atoms with van der Waals surface area (Å²) in [5.74, 6) is -1.94. The number of benzene rings is 2. The number of hydrogen-bond donors (Lipinski definition) is 1. The lowest BCUT2D eigenvalue weighted by Crippen LogP contribution is -2.46. The first-order valence-corrected chi connectivity index (χ1v) is 12.2. The number of anilines is 2. The Morgan fingerprint density at radius 1 is 0.935 bits per heavy atom. The molecular formula is C22H25F2N3O3S. The van der Waals surface area contributed by atoms with E-state index in [4.69, 9.17) is 0 Å². The van der Waals surface area contributed by atoms with Gasteiger partial charge < -0.3 is 10.2 Å². The van der Waals surface area contributed by atoms with Gasteiger partial charge in [-0.3, -0.25) is 9.69 Å². The van der Waals surface area contributed by atoms with Gasteiger partial charge in [-0.1, -0.05) is 30.3 Å². The number of nitrogens with zero attached hydrogens (tertiary/aromatic N) is 2. The average molecular weight is 450 g/mol. The summed E-state index contributed by atoms with van der Waals surface area (Å²) >= 11 is 0. The zero-order valence-corrected chi connectivity index (χ0v) is 17.9. The molecule has 0 bridgehead atoms. The van der Waals surface area contributed by atoms with Crippen LogP contribution in [-0.4, -0.2) is 56.9 Å². The van der Waals surface area contributed by atoms with E-state index in [1.165, 1.54) is 0 Å². The van der Waals surface area contributed by atoms with Gasteiger partial charge >= 0.3 is 0 Å². The van der Waals surface area contributed by atoms with Gasteiger partial charge in [-0.25, -0.2) is 17.2 Å². The molecule has 166 valence electrons. The van der Waals surface area contributed by atoms with Crippen molar-refractivity contribution in [3.8, 4) is 0 Å². The Balaban J connectivity index is 1.58. The minimum Gasteiger partial charge on any atom is -0.367 e. The van der Waals surface area contributed by atoms with Gasteiger partial charge in [-0.2, -0.15) is 0 Å². The van der Waals surface area contributed by atoms with Crippen LogP contribution >= 0.6 is 0 Å². The van der Waals surface area contributed by atoms with Crippen LogP contribution in [0.4, 0.5) is 20.2 Å². The maximum Gasteiger partial charge on any atom is 0.246 e. The molecule has 1 amide bonds. The lowest BCUT2D eigenvalue weighted by molar-refractivity contribution is -0.121. The Morgan fingerprint density at radius 3 is 2.10 bits per heavy atom. The second kappa shape index (κ2) is 8.92. The van der Waals surface area contributed by atoms with Crippen molar-refractivity contribution in [2.75, 3.05) is 47.9 Å². The third kappa shape index (κ3) is 4.88. The molecule has 2 saturated heterocycles. The molecule has 1 unspecified atom stereocenters. The summed E-state index contributed by atoms with van der Waals surface area (Å²) in [5.41, 5.74) is 0.666. The number of nitrogens with one attached hydrogen (secondary N) is 1. The van der Waals surface area contributed by atoms with E-state index in [0.29, 0.717) is 18.7 Å². The molecule has 2 aromatic rings. The SMILES string of the molecule is O=C(Nc1cc(F)c(N2CCCC2)c(F)c1)C(c1ccccc1)N1CCS(=O)(=O)CC1. The minimum absolute atomic E-state index is 0.0304. The topological polar surface area (TPSA) is 69.7 Å². The van der Waals surface area contributed by atoms with E-state index >= 15 is 0 Å². The highest BCUT2D eigenvalue weighted by Crippen LogP contribution is 2.31. The third-order valence-electron chi connectivity index (χ3n) is 5.81. The lowest BCUT2D eigenvalue weighted by atomic mass is 10.0. The molecule has 6 nitrogen and oxygen atoms in total. The summed E-state index contributed by atoms with van der Waals surface area (Å²) in [5, 5.41) is 2.63. The fourth-order valence-electron chi connectivity index (χ4n) is 4.24. The van der Waals surface area contributed by atoms with E-state index in [9.17, 15) is 22.0 Å². The van der Waals surface area contributed by atoms with Gasteiger partial charge in [-0.05, 0) is 30.5 Å². The van der Waals surface area contributed by atoms with E-state index in [-0.39, 0.29) is 36.0 Å². The molecule has 2 aromatic carbocycles. The predicted octanol–water partition coefficient (Wildman–Crippen LogP) is 2.98. The molecule has 2 aliphatic rings. The molecule has 0 aromatic heterocycles. The molecule has 0 radical (unpaired) electrons. The Labute approximate surface area is 180 Å². The highest BCUT2D eigenvalue weighted by atomic mass is 32.2. The zero-order chi connectivity index (χ0) is 22.0. The summed E-state index contributed by atoms with van der Waals surface area (Å²) in [4.78, 5) is 16.6. The summed E-state index contributed by atoms with van der Waals surface area (Å²) in [6, 6.07) is 10.5. The van der Waals surface area contributed by atoms with Crippen molar-refractivity contribution in [3.05, 3.63) is 59.7 Å². The van der Waals surface area contributed by atoms with Crippen LogP contribution in [0.5, 0.6) is 0 Å². The van der Waals surface area contributed by atoms with E-state index in [1.807, 2.05) is 6.07 Å². The van der Waals surface area contributed by atoms with E-state index < -0.39 is 33.4 Å². The fourth-order valence-corrected chi connectivity index (χ4v) is 5.47. The van der Waals surface area contributed by atoms with Crippen LogP contribution in [0, 0.1) is 11.6 Å². The van der Waals surface area contributed by atoms with Gasteiger partial charge in [0, 0.05) is 31.9 Å². The maximum absolute atomic E-state index is 14.7. The van der Waals surface area contributed by atoms with Gasteiger partial charge in [0.05, 0.1) is 11.5 Å². The van der Waals surface area contributed by atoms with Gasteiger partial charge in [0.15, 0.2) is 21.5 Å². The molecule has 2 heterocycles. The lowest BCUT2D eigenvalue weighted by Gasteiger charge is -2.33. The van der Waals surface area contributed by atoms with Crippen LogP contribution in [0.1, 0.15) is 24.4 Å². The Hall–Kier alpha value is -2.52. The van der Waals surface area contributed by atoms with Crippen molar-refractivity contribution in [2.45, 2.75) is 18.9 Å². The molecule has 0 saturated carbocycles. The number of halogens is 2. The quantitative estimate of drug-likeness (QED) is 0.760. The molecule has 1 atom stereocenters. The smallest absolute Gasteiger partial charge is 0.246 e. The molecule has 2 fully saturated rings. The van der Waals surface area contributed by atoms with E-state index in [0.717, 1.165) is 25.0 Å². The highest BCUT2D eigenvalue weighted by molar-refractivity contribution is 7.91. The Morgan fingerprint density at radius 2 is 1.52 bits per heavy atom. The third-order valence-corrected chi connectivity index (χ3v) is 7.42. The number of hydrogen-bond acceptors (Lipinski definition) is 5. The summed E-state index contributed by atoms with van der Waals surface area (Å²) < 4.78 is 53.0. The van der Waals surface area contributed by atoms with Crippen molar-refractivity contribution >= 4 is 27.1 Å². The van der Waals surface area contributed by atoms with Crippen molar-refractivity contribution in [3.63, 3.8) is 0 Å². The molecule has 31 heavy (non-hydrogen) atoms. The molecule has 2 aliphatic heterocycles. The number of amides is 1. The fraction of sp³-hybridized carbons (Fsp3) is 0.409. The predicted molar refractivity (Wildman–Crippen MR) is 116 cm³/mol. The summed E-state index contributed by atoms with van der Waals surface area (Å²) in [7, 11) is -3.12. The average Bonchev–Trinajstić information content (AvgIpc) is 3.24. The Kier molecular flexibility index (Phi) is 6.24. The standard InChI is InChI=1S/C22H25F2N3O3S/c23-18-14-17(15-19(24)21(18)26-8-4-5-9-26)25-22(28)20(16-6-2-1-3-7-16)27-10-12-31(29,30)13-11-27/h1-3,6-7,14-15,20H,4-5,8-13H2,(H,25,28). The van der Waals surface area contributed by atoms with Crippen LogP contribution < -0.4 is 10.2 Å². The van der Waals surface area contributed by atoms with Crippen LogP contribution in [0.15, 0.2) is 42.5 Å². The number of sulfone groups is 1. The molecular weight excluding hydrogens is 424 g/mol. The molecule has 9 heteroatoms. The molecule has 4 rings (SSSR count). The second-order valence-corrected chi connectivity index (χ2v) is 10.3. The molecule has 0 aliphatic carbocycles. The number of carbonyl (C=O) groups excluding carboxylic acids is 1. The number of rotatable bonds is 5. The van der Waals surface area contributed by atoms with Crippen molar-refractivity contribution < 1.29 is 22.0 Å². The van der Waals surface area contributed by atoms with Crippen LogP contribution in [0.25, 0.3) is 0 Å². The summed E-state index contributed by atoms with van der Waals surface area (Å²) in [6.07, 6.45) is 1.78. The van der Waals surface area contributed by atoms with E-state index in [1.54, 1.807) is 34.1 Å². The van der Waals surface area contributed by atoms with Crippen LogP contribution in [0.3, 0.4) is 0 Å². The Bertz CT molecular complexity index is 1020. The largest absolute Gasteiger partial charge is 0.367 e. The molecule has 0 spiro atoms. The van der Waals surface area contributed by atoms with Crippen LogP contribution in [-0.2, 0) is 14.6 Å². The van der Waals surface area contributed by atoms with Gasteiger partial charge in [-0.15, -0.1) is 0 Å². The summed E-state index contributed by atoms with van der Waals surface area (Å²) in [6.45, 7) is 1.64. The first-order chi connectivity index (χ1) is 14.8. The van der Waals surface area contributed by atoms with Gasteiger partial charge in [0.2, 0.25) is 5.91 Å². The van der Waals surface area contributed by atoms with Gasteiger partial charge in [0.25, 0.3) is 0 Å². The van der Waals surface area contributed by atoms with Gasteiger partial charge in [0.1, 0.15) is 11.7 Å².